The quantitative estimate of drug-likeness (QED) is 0.428. The summed E-state index contributed by atoms with van der Waals surface area (Å²) in [5.74, 6) is -0.576. The molecule has 0 atom stereocenters. The van der Waals surface area contributed by atoms with E-state index in [1.807, 2.05) is 63.2 Å². The Morgan fingerprint density at radius 3 is 1.97 bits per heavy atom. The van der Waals surface area contributed by atoms with Gasteiger partial charge in [0, 0.05) is 24.6 Å². The molecular formula is C28H32Cl2N2O3Si. The summed E-state index contributed by atoms with van der Waals surface area (Å²) in [5, 5.41) is 5.78. The third kappa shape index (κ3) is 6.76. The molecule has 0 saturated carbocycles. The molecule has 0 aromatic heterocycles. The molecule has 1 N–H and O–H groups in total. The van der Waals surface area contributed by atoms with Gasteiger partial charge in [-0.05, 0) is 27.4 Å². The topological polar surface area (TPSA) is 58.6 Å². The molecule has 0 aliphatic rings. The number of nitrogens with zero attached hydrogens (tertiary/aromatic N) is 1. The molecule has 36 heavy (non-hydrogen) atoms. The van der Waals surface area contributed by atoms with Crippen molar-refractivity contribution in [2.45, 2.75) is 39.7 Å². The van der Waals surface area contributed by atoms with Crippen molar-refractivity contribution >= 4 is 60.1 Å². The maximum Gasteiger partial charge on any atom is 0.246 e. The zero-order valence-electron chi connectivity index (χ0n) is 21.3. The van der Waals surface area contributed by atoms with E-state index in [2.05, 4.69) is 29.6 Å². The van der Waals surface area contributed by atoms with Gasteiger partial charge < -0.3 is 14.6 Å². The Morgan fingerprint density at radius 1 is 0.972 bits per heavy atom. The van der Waals surface area contributed by atoms with Gasteiger partial charge in [0.05, 0.1) is 23.9 Å². The van der Waals surface area contributed by atoms with E-state index in [4.69, 9.17) is 27.6 Å². The van der Waals surface area contributed by atoms with E-state index in [9.17, 15) is 9.59 Å². The standard InChI is InChI=1S/C28H32Cl2N2O3Si/c1-19(33)31-17-24(34)32(5)27-20(16-23(29)25(26(27)30)28(2,3)4)18-35-36(21-12-8-6-9-13-21)22-14-10-7-11-15-22/h6-16,36H,17-18H2,1-5H3,(H,31,33). The van der Waals surface area contributed by atoms with E-state index in [0.29, 0.717) is 21.3 Å². The molecule has 3 rings (SSSR count). The van der Waals surface area contributed by atoms with Crippen molar-refractivity contribution in [2.75, 3.05) is 18.5 Å². The van der Waals surface area contributed by atoms with Gasteiger partial charge in [0.25, 0.3) is 0 Å². The van der Waals surface area contributed by atoms with E-state index in [1.165, 1.54) is 11.8 Å². The van der Waals surface area contributed by atoms with Crippen LogP contribution in [0.5, 0.6) is 0 Å². The maximum absolute atomic E-state index is 13.0. The largest absolute Gasteiger partial charge is 0.407 e. The van der Waals surface area contributed by atoms with Gasteiger partial charge in [-0.3, -0.25) is 9.59 Å². The number of likely N-dealkylation sites (N-methyl/N-ethyl adjacent to an activating group) is 1. The van der Waals surface area contributed by atoms with Crippen molar-refractivity contribution in [1.29, 1.82) is 0 Å². The van der Waals surface area contributed by atoms with E-state index >= 15 is 0 Å². The van der Waals surface area contributed by atoms with E-state index in [1.54, 1.807) is 7.05 Å². The molecule has 0 spiro atoms. The Hall–Kier alpha value is -2.64. The van der Waals surface area contributed by atoms with Crippen LogP contribution in [0.15, 0.2) is 66.7 Å². The SMILES string of the molecule is CC(=O)NCC(=O)N(C)c1c(CO[SiH](c2ccccc2)c2ccccc2)cc(Cl)c(C(C)(C)C)c1Cl. The predicted octanol–water partition coefficient (Wildman–Crippen LogP) is 4.44. The number of benzene rings is 3. The van der Waals surface area contributed by atoms with Crippen molar-refractivity contribution in [2.24, 2.45) is 0 Å². The second-order valence-electron chi connectivity index (χ2n) is 9.68. The summed E-state index contributed by atoms with van der Waals surface area (Å²) in [6.45, 7) is 7.52. The van der Waals surface area contributed by atoms with Crippen LogP contribution in [0.25, 0.3) is 0 Å². The fraction of sp³-hybridized carbons (Fsp3) is 0.286. The van der Waals surface area contributed by atoms with Crippen LogP contribution in [0.1, 0.15) is 38.8 Å². The number of rotatable bonds is 8. The van der Waals surface area contributed by atoms with Crippen LogP contribution in [-0.4, -0.2) is 34.4 Å². The molecule has 0 aliphatic heterocycles. The second kappa shape index (κ2) is 12.1. The third-order valence-corrected chi connectivity index (χ3v) is 8.98. The highest BCUT2D eigenvalue weighted by Gasteiger charge is 2.29. The zero-order valence-corrected chi connectivity index (χ0v) is 23.9. The smallest absolute Gasteiger partial charge is 0.246 e. The molecule has 8 heteroatoms. The monoisotopic (exact) mass is 542 g/mol. The zero-order chi connectivity index (χ0) is 26.5. The summed E-state index contributed by atoms with van der Waals surface area (Å²) >= 11 is 13.7. The van der Waals surface area contributed by atoms with Crippen molar-refractivity contribution in [3.05, 3.63) is 87.9 Å². The van der Waals surface area contributed by atoms with Crippen molar-refractivity contribution in [3.63, 3.8) is 0 Å². The third-order valence-electron chi connectivity index (χ3n) is 5.83. The molecule has 0 heterocycles. The van der Waals surface area contributed by atoms with E-state index < -0.39 is 9.04 Å². The van der Waals surface area contributed by atoms with Crippen molar-refractivity contribution in [1.82, 2.24) is 5.32 Å². The van der Waals surface area contributed by atoms with Crippen molar-refractivity contribution < 1.29 is 14.0 Å². The van der Waals surface area contributed by atoms with Gasteiger partial charge in [0.15, 0.2) is 0 Å². The summed E-state index contributed by atoms with van der Waals surface area (Å²) in [6.07, 6.45) is 0. The maximum atomic E-state index is 13.0. The predicted molar refractivity (Wildman–Crippen MR) is 151 cm³/mol. The minimum absolute atomic E-state index is 0.138. The van der Waals surface area contributed by atoms with Gasteiger partial charge in [0.2, 0.25) is 20.9 Å². The summed E-state index contributed by atoms with van der Waals surface area (Å²) in [7, 11) is -0.396. The molecule has 0 radical (unpaired) electrons. The average Bonchev–Trinajstić information content (AvgIpc) is 2.82. The van der Waals surface area contributed by atoms with Gasteiger partial charge in [-0.1, -0.05) is 105 Å². The van der Waals surface area contributed by atoms with Gasteiger partial charge in [0.1, 0.15) is 0 Å². The fourth-order valence-corrected chi connectivity index (χ4v) is 7.53. The van der Waals surface area contributed by atoms with Gasteiger partial charge in [-0.2, -0.15) is 0 Å². The van der Waals surface area contributed by atoms with Crippen LogP contribution in [0.3, 0.4) is 0 Å². The highest BCUT2D eigenvalue weighted by molar-refractivity contribution is 6.80. The molecule has 3 aromatic rings. The number of anilines is 1. The first-order valence-corrected chi connectivity index (χ1v) is 14.1. The van der Waals surface area contributed by atoms with Crippen LogP contribution in [0, 0.1) is 0 Å². The van der Waals surface area contributed by atoms with E-state index in [-0.39, 0.29) is 30.4 Å². The van der Waals surface area contributed by atoms with Crippen LogP contribution in [-0.2, 0) is 26.0 Å². The Bertz CT molecular complexity index is 1180. The number of nitrogens with one attached hydrogen (secondary N) is 1. The molecule has 0 bridgehead atoms. The molecule has 0 aliphatic carbocycles. The first kappa shape index (κ1) is 27.9. The lowest BCUT2D eigenvalue weighted by molar-refractivity contribution is -0.123. The molecular weight excluding hydrogens is 511 g/mol. The Morgan fingerprint density at radius 2 is 1.50 bits per heavy atom. The lowest BCUT2D eigenvalue weighted by Gasteiger charge is -2.29. The highest BCUT2D eigenvalue weighted by atomic mass is 35.5. The summed E-state index contributed by atoms with van der Waals surface area (Å²) in [5.41, 5.74) is 1.65. The summed E-state index contributed by atoms with van der Waals surface area (Å²) in [4.78, 5) is 25.8. The van der Waals surface area contributed by atoms with Gasteiger partial charge in [-0.25, -0.2) is 0 Å². The first-order chi connectivity index (χ1) is 17.0. The normalized spacial score (nSPS) is 11.4. The average molecular weight is 544 g/mol. The Balaban J connectivity index is 2.04. The van der Waals surface area contributed by atoms with Crippen LogP contribution in [0.4, 0.5) is 5.69 Å². The molecule has 0 fully saturated rings. The number of amides is 2. The van der Waals surface area contributed by atoms with Crippen LogP contribution in [0.2, 0.25) is 10.0 Å². The van der Waals surface area contributed by atoms with Gasteiger partial charge in [-0.15, -0.1) is 0 Å². The molecule has 0 unspecified atom stereocenters. The Kier molecular flexibility index (Phi) is 9.36. The minimum atomic E-state index is -2.05. The fourth-order valence-electron chi connectivity index (χ4n) is 4.07. The molecule has 2 amide bonds. The van der Waals surface area contributed by atoms with Crippen LogP contribution < -0.4 is 20.6 Å². The van der Waals surface area contributed by atoms with Crippen molar-refractivity contribution in [3.8, 4) is 0 Å². The number of halogens is 2. The van der Waals surface area contributed by atoms with Crippen LogP contribution >= 0.6 is 23.2 Å². The number of hydrogen-bond acceptors (Lipinski definition) is 3. The first-order valence-electron chi connectivity index (χ1n) is 11.7. The second-order valence-corrected chi connectivity index (χ2v) is 12.9. The molecule has 0 saturated heterocycles. The summed E-state index contributed by atoms with van der Waals surface area (Å²) < 4.78 is 6.62. The molecule has 5 nitrogen and oxygen atoms in total. The molecule has 3 aromatic carbocycles. The number of carbonyl (C=O) groups excluding carboxylic acids is 2. The number of hydrogen-bond donors (Lipinski definition) is 1. The van der Waals surface area contributed by atoms with E-state index in [0.717, 1.165) is 15.9 Å². The molecule has 190 valence electrons. The minimum Gasteiger partial charge on any atom is -0.407 e. The lowest BCUT2D eigenvalue weighted by atomic mass is 9.85. The summed E-state index contributed by atoms with van der Waals surface area (Å²) in [6, 6.07) is 22.2. The Labute approximate surface area is 225 Å². The van der Waals surface area contributed by atoms with Gasteiger partial charge >= 0.3 is 0 Å². The lowest BCUT2D eigenvalue weighted by Crippen LogP contribution is -2.45. The highest BCUT2D eigenvalue weighted by Crippen LogP contribution is 2.43. The number of carbonyl (C=O) groups is 2.